The number of benzene rings is 1. The van der Waals surface area contributed by atoms with E-state index >= 15 is 0 Å². The summed E-state index contributed by atoms with van der Waals surface area (Å²) in [5, 5.41) is 0. The second-order valence-corrected chi connectivity index (χ2v) is 5.29. The van der Waals surface area contributed by atoms with Crippen LogP contribution in [0.4, 0.5) is 4.39 Å². The van der Waals surface area contributed by atoms with Crippen molar-refractivity contribution in [3.63, 3.8) is 0 Å². The van der Waals surface area contributed by atoms with Gasteiger partial charge in [0, 0.05) is 19.2 Å². The molecule has 0 aliphatic carbocycles. The van der Waals surface area contributed by atoms with Crippen molar-refractivity contribution in [1.82, 2.24) is 4.90 Å². The van der Waals surface area contributed by atoms with Crippen LogP contribution >= 0.6 is 0 Å². The molecule has 0 bridgehead atoms. The molecule has 0 aliphatic rings. The molecule has 0 N–H and O–H groups in total. The van der Waals surface area contributed by atoms with Crippen LogP contribution in [-0.4, -0.2) is 29.9 Å². The van der Waals surface area contributed by atoms with Gasteiger partial charge in [0.15, 0.2) is 0 Å². The molecule has 0 saturated heterocycles. The first-order chi connectivity index (χ1) is 12.1. The van der Waals surface area contributed by atoms with Gasteiger partial charge in [0.1, 0.15) is 11.6 Å². The predicted molar refractivity (Wildman–Crippen MR) is 90.8 cm³/mol. The van der Waals surface area contributed by atoms with E-state index in [4.69, 9.17) is 9.15 Å². The minimum absolute atomic E-state index is 0.0926. The van der Waals surface area contributed by atoms with Gasteiger partial charge in [-0.05, 0) is 42.8 Å². The van der Waals surface area contributed by atoms with Gasteiger partial charge in [0.2, 0.25) is 5.91 Å². The highest BCUT2D eigenvalue weighted by atomic mass is 19.1. The quantitative estimate of drug-likeness (QED) is 0.543. The van der Waals surface area contributed by atoms with Crippen molar-refractivity contribution in [1.29, 1.82) is 0 Å². The number of ether oxygens (including phenoxy) is 1. The monoisotopic (exact) mass is 345 g/mol. The van der Waals surface area contributed by atoms with Gasteiger partial charge in [-0.1, -0.05) is 12.1 Å². The highest BCUT2D eigenvalue weighted by Gasteiger charge is 2.14. The summed E-state index contributed by atoms with van der Waals surface area (Å²) in [6.45, 7) is 2.49. The minimum Gasteiger partial charge on any atom is -0.466 e. The first-order valence-corrected chi connectivity index (χ1v) is 7.99. The molecule has 1 aromatic carbocycles. The van der Waals surface area contributed by atoms with E-state index in [9.17, 15) is 14.0 Å². The molecule has 25 heavy (non-hydrogen) atoms. The highest BCUT2D eigenvalue weighted by molar-refractivity contribution is 5.91. The summed E-state index contributed by atoms with van der Waals surface area (Å²) in [5.41, 5.74) is 0.769. The van der Waals surface area contributed by atoms with Crippen LogP contribution in [0.15, 0.2) is 53.2 Å². The van der Waals surface area contributed by atoms with Crippen LogP contribution in [0.5, 0.6) is 0 Å². The molecule has 1 amide bonds. The Balaban J connectivity index is 2.05. The van der Waals surface area contributed by atoms with Crippen LogP contribution in [0.25, 0.3) is 6.08 Å². The van der Waals surface area contributed by atoms with E-state index in [1.165, 1.54) is 29.4 Å². The molecule has 1 heterocycles. The fraction of sp³-hybridized carbons (Fsp3) is 0.263. The lowest BCUT2D eigenvalue weighted by Crippen LogP contribution is -2.31. The van der Waals surface area contributed by atoms with Gasteiger partial charge >= 0.3 is 5.97 Å². The maximum absolute atomic E-state index is 13.0. The second kappa shape index (κ2) is 9.42. The van der Waals surface area contributed by atoms with Crippen LogP contribution in [0, 0.1) is 5.82 Å². The minimum atomic E-state index is -0.366. The first-order valence-electron chi connectivity index (χ1n) is 7.99. The largest absolute Gasteiger partial charge is 0.466 e. The van der Waals surface area contributed by atoms with E-state index in [1.807, 2.05) is 0 Å². The van der Waals surface area contributed by atoms with Gasteiger partial charge in [0.05, 0.1) is 19.3 Å². The van der Waals surface area contributed by atoms with E-state index in [1.54, 1.807) is 37.3 Å². The number of nitrogens with zero attached hydrogens (tertiary/aromatic N) is 1. The van der Waals surface area contributed by atoms with Crippen molar-refractivity contribution in [2.45, 2.75) is 19.9 Å². The summed E-state index contributed by atoms with van der Waals surface area (Å²) >= 11 is 0. The van der Waals surface area contributed by atoms with Gasteiger partial charge in [0.25, 0.3) is 0 Å². The van der Waals surface area contributed by atoms with Crippen molar-refractivity contribution in [2.75, 3.05) is 13.2 Å². The lowest BCUT2D eigenvalue weighted by Gasteiger charge is -2.21. The Morgan fingerprint density at radius 2 is 2.00 bits per heavy atom. The zero-order chi connectivity index (χ0) is 18.1. The average Bonchev–Trinajstić information content (AvgIpc) is 3.12. The second-order valence-electron chi connectivity index (χ2n) is 5.29. The lowest BCUT2D eigenvalue weighted by atomic mass is 10.2. The first kappa shape index (κ1) is 18.4. The van der Waals surface area contributed by atoms with Crippen LogP contribution < -0.4 is 0 Å². The standard InChI is InChI=1S/C19H20FNO4/c1-2-24-19(23)11-12-21(14-15-5-7-16(20)8-6-15)18(22)10-9-17-4-3-13-25-17/h3-10,13H,2,11-12,14H2,1H3/b10-9+. The molecule has 2 rings (SSSR count). The molecule has 5 nitrogen and oxygen atoms in total. The molecule has 1 aromatic heterocycles. The zero-order valence-corrected chi connectivity index (χ0v) is 14.0. The number of esters is 1. The van der Waals surface area contributed by atoms with E-state index < -0.39 is 0 Å². The molecule has 2 aromatic rings. The van der Waals surface area contributed by atoms with Crippen molar-refractivity contribution >= 4 is 18.0 Å². The average molecular weight is 345 g/mol. The van der Waals surface area contributed by atoms with Gasteiger partial charge in [-0.2, -0.15) is 0 Å². The number of halogens is 1. The van der Waals surface area contributed by atoms with Gasteiger partial charge in [-0.15, -0.1) is 0 Å². The number of amides is 1. The van der Waals surface area contributed by atoms with Crippen LogP contribution in [0.1, 0.15) is 24.7 Å². The summed E-state index contributed by atoms with van der Waals surface area (Å²) in [7, 11) is 0. The molecule has 0 radical (unpaired) electrons. The topological polar surface area (TPSA) is 59.8 Å². The van der Waals surface area contributed by atoms with Gasteiger partial charge in [-0.25, -0.2) is 4.39 Å². The normalized spacial score (nSPS) is 10.8. The van der Waals surface area contributed by atoms with Crippen molar-refractivity contribution in [3.05, 3.63) is 65.9 Å². The number of carbonyl (C=O) groups excluding carboxylic acids is 2. The van der Waals surface area contributed by atoms with E-state index in [-0.39, 0.29) is 37.2 Å². The number of hydrogen-bond acceptors (Lipinski definition) is 4. The Morgan fingerprint density at radius 1 is 1.24 bits per heavy atom. The maximum Gasteiger partial charge on any atom is 0.307 e. The maximum atomic E-state index is 13.0. The molecule has 6 heteroatoms. The molecule has 0 fully saturated rings. The number of rotatable bonds is 8. The van der Waals surface area contributed by atoms with Crippen molar-refractivity contribution < 1.29 is 23.1 Å². The molecule has 0 saturated carbocycles. The predicted octanol–water partition coefficient (Wildman–Crippen LogP) is 3.41. The van der Waals surface area contributed by atoms with Crippen molar-refractivity contribution in [3.8, 4) is 0 Å². The fourth-order valence-electron chi connectivity index (χ4n) is 2.18. The van der Waals surface area contributed by atoms with E-state index in [0.29, 0.717) is 12.4 Å². The fourth-order valence-corrected chi connectivity index (χ4v) is 2.18. The van der Waals surface area contributed by atoms with Crippen LogP contribution in [0.2, 0.25) is 0 Å². The number of hydrogen-bond donors (Lipinski definition) is 0. The summed E-state index contributed by atoms with van der Waals surface area (Å²) < 4.78 is 23.1. The Labute approximate surface area is 145 Å². The molecule has 0 spiro atoms. The lowest BCUT2D eigenvalue weighted by molar-refractivity contribution is -0.143. The highest BCUT2D eigenvalue weighted by Crippen LogP contribution is 2.10. The number of furan rings is 1. The molecule has 0 aliphatic heterocycles. The molecule has 0 atom stereocenters. The van der Waals surface area contributed by atoms with Crippen LogP contribution in [-0.2, 0) is 20.9 Å². The molecule has 0 unspecified atom stereocenters. The molecular weight excluding hydrogens is 325 g/mol. The van der Waals surface area contributed by atoms with E-state index in [2.05, 4.69) is 0 Å². The third kappa shape index (κ3) is 6.25. The zero-order valence-electron chi connectivity index (χ0n) is 14.0. The summed E-state index contributed by atoms with van der Waals surface area (Å²) in [6.07, 6.45) is 4.55. The summed E-state index contributed by atoms with van der Waals surface area (Å²) in [6, 6.07) is 9.34. The summed E-state index contributed by atoms with van der Waals surface area (Å²) in [4.78, 5) is 25.5. The Bertz CT molecular complexity index is 708. The summed E-state index contributed by atoms with van der Waals surface area (Å²) in [5.74, 6) is -0.425. The molecular formula is C19H20FNO4. The Morgan fingerprint density at radius 3 is 2.64 bits per heavy atom. The smallest absolute Gasteiger partial charge is 0.307 e. The Kier molecular flexibility index (Phi) is 6.95. The van der Waals surface area contributed by atoms with Gasteiger partial charge < -0.3 is 14.1 Å². The van der Waals surface area contributed by atoms with E-state index in [0.717, 1.165) is 5.56 Å². The van der Waals surface area contributed by atoms with Crippen molar-refractivity contribution in [2.24, 2.45) is 0 Å². The third-order valence-electron chi connectivity index (χ3n) is 3.42. The number of carbonyl (C=O) groups is 2. The SMILES string of the molecule is CCOC(=O)CCN(Cc1ccc(F)cc1)C(=O)/C=C/c1ccco1. The van der Waals surface area contributed by atoms with Crippen LogP contribution in [0.3, 0.4) is 0 Å². The van der Waals surface area contributed by atoms with Gasteiger partial charge in [-0.3, -0.25) is 9.59 Å². The molecule has 132 valence electrons. The Hall–Kier alpha value is -2.89. The third-order valence-corrected chi connectivity index (χ3v) is 3.42.